The third kappa shape index (κ3) is 3.88. The van der Waals surface area contributed by atoms with Crippen LogP contribution in [0.25, 0.3) is 0 Å². The molecule has 0 aliphatic heterocycles. The summed E-state index contributed by atoms with van der Waals surface area (Å²) in [6, 6.07) is 14.0. The van der Waals surface area contributed by atoms with Gasteiger partial charge in [-0.2, -0.15) is 0 Å². The zero-order chi connectivity index (χ0) is 13.5. The van der Waals surface area contributed by atoms with Crippen molar-refractivity contribution in [3.8, 4) is 11.5 Å². The number of nitrogens with one attached hydrogen (secondary N) is 1. The fourth-order valence-corrected chi connectivity index (χ4v) is 1.65. The second-order valence-electron chi connectivity index (χ2n) is 3.94. The van der Waals surface area contributed by atoms with Crippen LogP contribution < -0.4 is 14.8 Å². The number of ether oxygens (including phenoxy) is 2. The maximum atomic E-state index is 13.3. The number of methoxy groups -OCH3 is 1. The molecule has 0 bridgehead atoms. The molecule has 0 aromatic heterocycles. The van der Waals surface area contributed by atoms with E-state index in [1.54, 1.807) is 25.3 Å². The first-order valence-electron chi connectivity index (χ1n) is 6.05. The molecular formula is C15H16FNO2. The smallest absolute Gasteiger partial charge is 0.165 e. The third-order valence-electron chi connectivity index (χ3n) is 2.60. The minimum atomic E-state index is -0.344. The van der Waals surface area contributed by atoms with Gasteiger partial charge in [-0.15, -0.1) is 0 Å². The van der Waals surface area contributed by atoms with Crippen molar-refractivity contribution in [1.29, 1.82) is 0 Å². The number of halogens is 1. The zero-order valence-corrected chi connectivity index (χ0v) is 10.7. The molecule has 0 fully saturated rings. The highest BCUT2D eigenvalue weighted by molar-refractivity contribution is 5.48. The van der Waals surface area contributed by atoms with E-state index < -0.39 is 0 Å². The van der Waals surface area contributed by atoms with Crippen molar-refractivity contribution in [3.05, 3.63) is 54.3 Å². The van der Waals surface area contributed by atoms with Crippen LogP contribution in [0, 0.1) is 5.82 Å². The predicted octanol–water partition coefficient (Wildman–Crippen LogP) is 3.33. The van der Waals surface area contributed by atoms with Gasteiger partial charge in [0.1, 0.15) is 12.4 Å². The van der Waals surface area contributed by atoms with Gasteiger partial charge in [0.15, 0.2) is 11.6 Å². The molecule has 0 radical (unpaired) electrons. The first-order chi connectivity index (χ1) is 9.29. The molecule has 0 spiro atoms. The van der Waals surface area contributed by atoms with Crippen LogP contribution in [-0.2, 0) is 0 Å². The van der Waals surface area contributed by atoms with Gasteiger partial charge in [-0.05, 0) is 24.3 Å². The summed E-state index contributed by atoms with van der Waals surface area (Å²) >= 11 is 0. The minimum absolute atomic E-state index is 0.273. The first-order valence-corrected chi connectivity index (χ1v) is 6.05. The molecule has 2 rings (SSSR count). The first kappa shape index (κ1) is 13.2. The van der Waals surface area contributed by atoms with E-state index in [0.29, 0.717) is 13.2 Å². The molecule has 2 aromatic rings. The molecule has 0 aliphatic rings. The lowest BCUT2D eigenvalue weighted by Gasteiger charge is -2.10. The average molecular weight is 261 g/mol. The molecule has 1 N–H and O–H groups in total. The lowest BCUT2D eigenvalue weighted by molar-refractivity contribution is 0.315. The van der Waals surface area contributed by atoms with E-state index in [4.69, 9.17) is 9.47 Å². The Morgan fingerprint density at radius 1 is 1.11 bits per heavy atom. The second kappa shape index (κ2) is 6.64. The van der Waals surface area contributed by atoms with Crippen molar-refractivity contribution >= 4 is 5.69 Å². The van der Waals surface area contributed by atoms with Gasteiger partial charge in [-0.25, -0.2) is 4.39 Å². The van der Waals surface area contributed by atoms with Crippen molar-refractivity contribution in [2.45, 2.75) is 0 Å². The molecule has 0 saturated carbocycles. The van der Waals surface area contributed by atoms with Crippen LogP contribution >= 0.6 is 0 Å². The number of benzene rings is 2. The highest BCUT2D eigenvalue weighted by Crippen LogP contribution is 2.17. The van der Waals surface area contributed by atoms with Gasteiger partial charge >= 0.3 is 0 Å². The molecule has 0 aliphatic carbocycles. The summed E-state index contributed by atoms with van der Waals surface area (Å²) in [6.07, 6.45) is 0. The molecule has 100 valence electrons. The van der Waals surface area contributed by atoms with Gasteiger partial charge in [-0.3, -0.25) is 0 Å². The monoisotopic (exact) mass is 261 g/mol. The Hall–Kier alpha value is -2.23. The standard InChI is InChI=1S/C15H16FNO2/c1-18-13-6-4-5-12(11-13)17-9-10-19-15-8-3-2-7-14(15)16/h2-8,11,17H,9-10H2,1H3. The molecule has 0 unspecified atom stereocenters. The average Bonchev–Trinajstić information content (AvgIpc) is 2.45. The highest BCUT2D eigenvalue weighted by atomic mass is 19.1. The Kier molecular flexibility index (Phi) is 4.61. The van der Waals surface area contributed by atoms with Crippen molar-refractivity contribution in [2.24, 2.45) is 0 Å². The quantitative estimate of drug-likeness (QED) is 0.809. The normalized spacial score (nSPS) is 10.0. The Labute approximate surface area is 112 Å². The number of rotatable bonds is 6. The van der Waals surface area contributed by atoms with Crippen LogP contribution in [0.4, 0.5) is 10.1 Å². The van der Waals surface area contributed by atoms with Gasteiger partial charge < -0.3 is 14.8 Å². The molecule has 4 heteroatoms. The summed E-state index contributed by atoms with van der Waals surface area (Å²) in [5, 5.41) is 3.18. The zero-order valence-electron chi connectivity index (χ0n) is 10.7. The van der Waals surface area contributed by atoms with E-state index in [0.717, 1.165) is 11.4 Å². The van der Waals surface area contributed by atoms with E-state index in [1.807, 2.05) is 24.3 Å². The highest BCUT2D eigenvalue weighted by Gasteiger charge is 2.00. The van der Waals surface area contributed by atoms with E-state index in [1.165, 1.54) is 6.07 Å². The topological polar surface area (TPSA) is 30.5 Å². The van der Waals surface area contributed by atoms with Crippen LogP contribution in [0.3, 0.4) is 0 Å². The van der Waals surface area contributed by atoms with Gasteiger partial charge in [0, 0.05) is 18.3 Å². The summed E-state index contributed by atoms with van der Waals surface area (Å²) < 4.78 is 23.7. The maximum absolute atomic E-state index is 13.3. The SMILES string of the molecule is COc1cccc(NCCOc2ccccc2F)c1. The fraction of sp³-hybridized carbons (Fsp3) is 0.200. The van der Waals surface area contributed by atoms with Gasteiger partial charge in [0.2, 0.25) is 0 Å². The summed E-state index contributed by atoms with van der Waals surface area (Å²) in [4.78, 5) is 0. The Morgan fingerprint density at radius 2 is 1.95 bits per heavy atom. The molecule has 0 heterocycles. The minimum Gasteiger partial charge on any atom is -0.497 e. The van der Waals surface area contributed by atoms with E-state index in [9.17, 15) is 4.39 Å². The van der Waals surface area contributed by atoms with Crippen LogP contribution in [0.2, 0.25) is 0 Å². The number of hydrogen-bond donors (Lipinski definition) is 1. The van der Waals surface area contributed by atoms with Crippen molar-refractivity contribution in [3.63, 3.8) is 0 Å². The molecule has 3 nitrogen and oxygen atoms in total. The molecule has 0 atom stereocenters. The number of anilines is 1. The lowest BCUT2D eigenvalue weighted by Crippen LogP contribution is -2.12. The summed E-state index contributed by atoms with van der Waals surface area (Å²) in [5.41, 5.74) is 0.941. The van der Waals surface area contributed by atoms with Gasteiger partial charge in [0.25, 0.3) is 0 Å². The Bertz CT molecular complexity index is 531. The summed E-state index contributed by atoms with van der Waals surface area (Å²) in [6.45, 7) is 0.972. The van der Waals surface area contributed by atoms with Crippen molar-refractivity contribution < 1.29 is 13.9 Å². The molecule has 19 heavy (non-hydrogen) atoms. The van der Waals surface area contributed by atoms with Gasteiger partial charge in [0.05, 0.1) is 7.11 Å². The summed E-state index contributed by atoms with van der Waals surface area (Å²) in [7, 11) is 1.63. The Balaban J connectivity index is 1.79. The third-order valence-corrected chi connectivity index (χ3v) is 2.60. The van der Waals surface area contributed by atoms with Crippen LogP contribution in [-0.4, -0.2) is 20.3 Å². The van der Waals surface area contributed by atoms with Gasteiger partial charge in [-0.1, -0.05) is 18.2 Å². The molecule has 2 aromatic carbocycles. The molecular weight excluding hydrogens is 245 g/mol. The van der Waals surface area contributed by atoms with Crippen LogP contribution in [0.1, 0.15) is 0 Å². The Morgan fingerprint density at radius 3 is 2.74 bits per heavy atom. The van der Waals surface area contributed by atoms with Crippen molar-refractivity contribution in [2.75, 3.05) is 25.6 Å². The molecule has 0 amide bonds. The maximum Gasteiger partial charge on any atom is 0.165 e. The van der Waals surface area contributed by atoms with Crippen LogP contribution in [0.5, 0.6) is 11.5 Å². The second-order valence-corrected chi connectivity index (χ2v) is 3.94. The van der Waals surface area contributed by atoms with E-state index in [2.05, 4.69) is 5.32 Å². The predicted molar refractivity (Wildman–Crippen MR) is 73.4 cm³/mol. The van der Waals surface area contributed by atoms with Crippen LogP contribution in [0.15, 0.2) is 48.5 Å². The largest absolute Gasteiger partial charge is 0.497 e. The number of hydrogen-bond acceptors (Lipinski definition) is 3. The number of para-hydroxylation sites is 1. The molecule has 0 saturated heterocycles. The lowest BCUT2D eigenvalue weighted by atomic mass is 10.3. The van der Waals surface area contributed by atoms with E-state index in [-0.39, 0.29) is 11.6 Å². The summed E-state index contributed by atoms with van der Waals surface area (Å²) in [5.74, 6) is 0.721. The van der Waals surface area contributed by atoms with E-state index >= 15 is 0 Å². The fourth-order valence-electron chi connectivity index (χ4n) is 1.65. The van der Waals surface area contributed by atoms with Crippen molar-refractivity contribution in [1.82, 2.24) is 0 Å².